The first-order valence-electron chi connectivity index (χ1n) is 9.50. The van der Waals surface area contributed by atoms with Gasteiger partial charge in [0.2, 0.25) is 5.91 Å². The number of nitrogens with one attached hydrogen (secondary N) is 1. The molecule has 0 saturated heterocycles. The smallest absolute Gasteiger partial charge is 0.254 e. The van der Waals surface area contributed by atoms with E-state index in [1.165, 1.54) is 30.1 Å². The fourth-order valence-electron chi connectivity index (χ4n) is 2.56. The molecule has 2 aromatic rings. The third kappa shape index (κ3) is 6.78. The number of hydrogen-bond donors (Lipinski definition) is 1. The van der Waals surface area contributed by atoms with E-state index in [-0.39, 0.29) is 12.5 Å². The molecular formula is C22H27FN2O4. The Labute approximate surface area is 170 Å². The van der Waals surface area contributed by atoms with Crippen molar-refractivity contribution in [3.63, 3.8) is 0 Å². The van der Waals surface area contributed by atoms with E-state index >= 15 is 0 Å². The number of likely N-dealkylation sites (N-methyl/N-ethyl adjacent to an activating group) is 1. The Morgan fingerprint density at radius 3 is 2.52 bits per heavy atom. The molecule has 0 bridgehead atoms. The predicted molar refractivity (Wildman–Crippen MR) is 110 cm³/mol. The largest absolute Gasteiger partial charge is 0.490 e. The lowest BCUT2D eigenvalue weighted by Crippen LogP contribution is -2.35. The number of anilines is 1. The summed E-state index contributed by atoms with van der Waals surface area (Å²) in [5.41, 5.74) is 0.715. The maximum absolute atomic E-state index is 13.2. The molecule has 0 radical (unpaired) electrons. The lowest BCUT2D eigenvalue weighted by Gasteiger charge is -2.19. The topological polar surface area (TPSA) is 67.9 Å². The number of benzene rings is 2. The van der Waals surface area contributed by atoms with Crippen molar-refractivity contribution in [3.8, 4) is 11.5 Å². The average Bonchev–Trinajstić information content (AvgIpc) is 2.66. The van der Waals surface area contributed by atoms with E-state index in [0.29, 0.717) is 41.9 Å². The van der Waals surface area contributed by atoms with E-state index < -0.39 is 11.7 Å². The molecule has 0 atom stereocenters. The third-order valence-corrected chi connectivity index (χ3v) is 3.90. The molecule has 0 unspecified atom stereocenters. The Kier molecular flexibility index (Phi) is 8.00. The normalized spacial score (nSPS) is 10.6. The number of hydrogen-bond acceptors (Lipinski definition) is 4. The predicted octanol–water partition coefficient (Wildman–Crippen LogP) is 3.97. The van der Waals surface area contributed by atoms with E-state index in [0.717, 1.165) is 0 Å². The Bertz CT molecular complexity index is 854. The van der Waals surface area contributed by atoms with Gasteiger partial charge in [0.05, 0.1) is 19.8 Å². The molecule has 0 heterocycles. The second-order valence-electron chi connectivity index (χ2n) is 7.02. The molecule has 0 aromatic heterocycles. The highest BCUT2D eigenvalue weighted by Gasteiger charge is 2.18. The van der Waals surface area contributed by atoms with Gasteiger partial charge in [-0.05, 0) is 49.2 Å². The first-order valence-corrected chi connectivity index (χ1v) is 9.50. The second kappa shape index (κ2) is 10.5. The van der Waals surface area contributed by atoms with Crippen LogP contribution in [-0.2, 0) is 4.79 Å². The SMILES string of the molecule is CCOc1cc(C(=O)N(C)CC(=O)Nc2cccc(F)c2)ccc1OCC(C)C. The lowest BCUT2D eigenvalue weighted by molar-refractivity contribution is -0.116. The zero-order valence-electron chi connectivity index (χ0n) is 17.2. The molecule has 2 aromatic carbocycles. The van der Waals surface area contributed by atoms with Crippen molar-refractivity contribution in [2.24, 2.45) is 5.92 Å². The van der Waals surface area contributed by atoms with Crippen LogP contribution in [0, 0.1) is 11.7 Å². The molecule has 0 aliphatic rings. The van der Waals surface area contributed by atoms with Gasteiger partial charge in [0.1, 0.15) is 5.82 Å². The Morgan fingerprint density at radius 1 is 1.10 bits per heavy atom. The number of rotatable bonds is 9. The molecule has 0 fully saturated rings. The minimum absolute atomic E-state index is 0.176. The van der Waals surface area contributed by atoms with Crippen LogP contribution >= 0.6 is 0 Å². The molecule has 29 heavy (non-hydrogen) atoms. The van der Waals surface area contributed by atoms with Gasteiger partial charge in [0.25, 0.3) is 5.91 Å². The first kappa shape index (κ1) is 22.2. The highest BCUT2D eigenvalue weighted by atomic mass is 19.1. The van der Waals surface area contributed by atoms with Gasteiger partial charge in [-0.15, -0.1) is 0 Å². The summed E-state index contributed by atoms with van der Waals surface area (Å²) in [5.74, 6) is 0.202. The van der Waals surface area contributed by atoms with Gasteiger partial charge in [-0.2, -0.15) is 0 Å². The van der Waals surface area contributed by atoms with Gasteiger partial charge in [0.15, 0.2) is 11.5 Å². The molecule has 2 rings (SSSR count). The van der Waals surface area contributed by atoms with Crippen LogP contribution in [-0.4, -0.2) is 43.5 Å². The third-order valence-electron chi connectivity index (χ3n) is 3.90. The number of carbonyl (C=O) groups excluding carboxylic acids is 2. The second-order valence-corrected chi connectivity index (χ2v) is 7.02. The Morgan fingerprint density at radius 2 is 1.86 bits per heavy atom. The molecular weight excluding hydrogens is 375 g/mol. The van der Waals surface area contributed by atoms with Crippen LogP contribution in [0.4, 0.5) is 10.1 Å². The number of halogens is 1. The number of ether oxygens (including phenoxy) is 2. The maximum atomic E-state index is 13.2. The minimum atomic E-state index is -0.449. The monoisotopic (exact) mass is 402 g/mol. The zero-order valence-corrected chi connectivity index (χ0v) is 17.2. The summed E-state index contributed by atoms with van der Waals surface area (Å²) in [6.07, 6.45) is 0. The van der Waals surface area contributed by atoms with Crippen LogP contribution in [0.2, 0.25) is 0 Å². The van der Waals surface area contributed by atoms with Crippen molar-refractivity contribution >= 4 is 17.5 Å². The molecule has 0 aliphatic carbocycles. The summed E-state index contributed by atoms with van der Waals surface area (Å²) in [4.78, 5) is 26.2. The van der Waals surface area contributed by atoms with Crippen molar-refractivity contribution in [1.29, 1.82) is 0 Å². The van der Waals surface area contributed by atoms with Crippen molar-refractivity contribution in [2.75, 3.05) is 32.1 Å². The summed E-state index contributed by atoms with van der Waals surface area (Å²) in [6, 6.07) is 10.5. The zero-order chi connectivity index (χ0) is 21.4. The molecule has 0 saturated carbocycles. The van der Waals surface area contributed by atoms with Crippen LogP contribution in [0.25, 0.3) is 0 Å². The molecule has 0 aliphatic heterocycles. The van der Waals surface area contributed by atoms with Crippen LogP contribution in [0.5, 0.6) is 11.5 Å². The van der Waals surface area contributed by atoms with Gasteiger partial charge in [-0.1, -0.05) is 19.9 Å². The molecule has 156 valence electrons. The standard InChI is InChI=1S/C22H27FN2O4/c1-5-28-20-11-16(9-10-19(20)29-14-15(2)3)22(27)25(4)13-21(26)24-18-8-6-7-17(23)12-18/h6-12,15H,5,13-14H2,1-4H3,(H,24,26). The van der Waals surface area contributed by atoms with Crippen LogP contribution < -0.4 is 14.8 Å². The van der Waals surface area contributed by atoms with Crippen molar-refractivity contribution in [3.05, 3.63) is 53.8 Å². The van der Waals surface area contributed by atoms with Crippen molar-refractivity contribution < 1.29 is 23.5 Å². The van der Waals surface area contributed by atoms with Gasteiger partial charge in [-0.25, -0.2) is 4.39 Å². The van der Waals surface area contributed by atoms with E-state index in [9.17, 15) is 14.0 Å². The van der Waals surface area contributed by atoms with Gasteiger partial charge in [0, 0.05) is 18.3 Å². The summed E-state index contributed by atoms with van der Waals surface area (Å²) in [6.45, 7) is 6.73. The fourth-order valence-corrected chi connectivity index (χ4v) is 2.56. The van der Waals surface area contributed by atoms with Crippen LogP contribution in [0.1, 0.15) is 31.1 Å². The van der Waals surface area contributed by atoms with E-state index in [4.69, 9.17) is 9.47 Å². The van der Waals surface area contributed by atoms with Crippen LogP contribution in [0.3, 0.4) is 0 Å². The highest BCUT2D eigenvalue weighted by Crippen LogP contribution is 2.29. The van der Waals surface area contributed by atoms with Crippen LogP contribution in [0.15, 0.2) is 42.5 Å². The molecule has 1 N–H and O–H groups in total. The van der Waals surface area contributed by atoms with Gasteiger partial charge >= 0.3 is 0 Å². The Balaban J connectivity index is 2.05. The number of amides is 2. The molecule has 6 nitrogen and oxygen atoms in total. The molecule has 0 spiro atoms. The summed E-state index contributed by atoms with van der Waals surface area (Å²) in [7, 11) is 1.52. The quantitative estimate of drug-likeness (QED) is 0.689. The minimum Gasteiger partial charge on any atom is -0.490 e. The number of nitrogens with zero attached hydrogens (tertiary/aromatic N) is 1. The first-order chi connectivity index (χ1) is 13.8. The van der Waals surface area contributed by atoms with E-state index in [1.54, 1.807) is 24.3 Å². The lowest BCUT2D eigenvalue weighted by atomic mass is 10.1. The summed E-state index contributed by atoms with van der Waals surface area (Å²) >= 11 is 0. The average molecular weight is 402 g/mol. The number of carbonyl (C=O) groups is 2. The van der Waals surface area contributed by atoms with E-state index in [2.05, 4.69) is 5.32 Å². The van der Waals surface area contributed by atoms with Gasteiger partial charge in [-0.3, -0.25) is 9.59 Å². The van der Waals surface area contributed by atoms with Crippen molar-refractivity contribution in [2.45, 2.75) is 20.8 Å². The van der Waals surface area contributed by atoms with E-state index in [1.807, 2.05) is 20.8 Å². The molecule has 7 heteroatoms. The van der Waals surface area contributed by atoms with Crippen molar-refractivity contribution in [1.82, 2.24) is 4.90 Å². The van der Waals surface area contributed by atoms with Gasteiger partial charge < -0.3 is 19.7 Å². The fraction of sp³-hybridized carbons (Fsp3) is 0.364. The maximum Gasteiger partial charge on any atom is 0.254 e. The Hall–Kier alpha value is -3.09. The summed E-state index contributed by atoms with van der Waals surface area (Å²) < 4.78 is 24.6. The molecule has 2 amide bonds. The summed E-state index contributed by atoms with van der Waals surface area (Å²) in [5, 5.41) is 2.57. The highest BCUT2D eigenvalue weighted by molar-refractivity contribution is 5.99.